The summed E-state index contributed by atoms with van der Waals surface area (Å²) in [4.78, 5) is 8.95. The molecule has 1 N–H and O–H groups in total. The lowest BCUT2D eigenvalue weighted by Crippen LogP contribution is -2.28. The van der Waals surface area contributed by atoms with Crippen LogP contribution in [-0.2, 0) is 11.2 Å². The van der Waals surface area contributed by atoms with Crippen LogP contribution in [0.5, 0.6) is 0 Å². The maximum absolute atomic E-state index is 6.10. The van der Waals surface area contributed by atoms with E-state index in [1.807, 2.05) is 6.92 Å². The molecule has 24 heavy (non-hydrogen) atoms. The van der Waals surface area contributed by atoms with Gasteiger partial charge >= 0.3 is 0 Å². The highest BCUT2D eigenvalue weighted by Crippen LogP contribution is 2.33. The standard InChI is InChI=1S/C20H27N3O/c1-4-18-12-19(23-15(3)22-18)21-13-17-6-5-11-24-20(17)16-9-7-14(2)8-10-16/h7-10,12,17,20H,4-6,11,13H2,1-3H3,(H,21,22,23). The lowest BCUT2D eigenvalue weighted by molar-refractivity contribution is -0.0238. The van der Waals surface area contributed by atoms with E-state index in [0.717, 1.165) is 43.3 Å². The van der Waals surface area contributed by atoms with Crippen LogP contribution in [0.3, 0.4) is 0 Å². The molecule has 1 saturated heterocycles. The third kappa shape index (κ3) is 4.12. The van der Waals surface area contributed by atoms with Gasteiger partial charge in [-0.2, -0.15) is 0 Å². The summed E-state index contributed by atoms with van der Waals surface area (Å²) >= 11 is 0. The summed E-state index contributed by atoms with van der Waals surface area (Å²) in [5.41, 5.74) is 3.65. The van der Waals surface area contributed by atoms with Crippen molar-refractivity contribution in [2.24, 2.45) is 5.92 Å². The summed E-state index contributed by atoms with van der Waals surface area (Å²) in [5, 5.41) is 3.51. The summed E-state index contributed by atoms with van der Waals surface area (Å²) in [6.07, 6.45) is 3.39. The summed E-state index contributed by atoms with van der Waals surface area (Å²) in [7, 11) is 0. The predicted molar refractivity (Wildman–Crippen MR) is 97.2 cm³/mol. The van der Waals surface area contributed by atoms with Gasteiger partial charge in [-0.15, -0.1) is 0 Å². The van der Waals surface area contributed by atoms with Crippen molar-refractivity contribution in [3.05, 3.63) is 53.0 Å². The Labute approximate surface area is 144 Å². The van der Waals surface area contributed by atoms with E-state index in [1.54, 1.807) is 0 Å². The number of ether oxygens (including phenoxy) is 1. The van der Waals surface area contributed by atoms with E-state index >= 15 is 0 Å². The van der Waals surface area contributed by atoms with Crippen molar-refractivity contribution >= 4 is 5.82 Å². The van der Waals surface area contributed by atoms with E-state index in [2.05, 4.69) is 59.5 Å². The predicted octanol–water partition coefficient (Wildman–Crippen LogP) is 4.24. The molecule has 0 bridgehead atoms. The second-order valence-corrected chi connectivity index (χ2v) is 6.63. The topological polar surface area (TPSA) is 47.0 Å². The Hall–Kier alpha value is -1.94. The zero-order valence-electron chi connectivity index (χ0n) is 14.9. The quantitative estimate of drug-likeness (QED) is 0.893. The average Bonchev–Trinajstić information content (AvgIpc) is 2.60. The lowest BCUT2D eigenvalue weighted by Gasteiger charge is -2.32. The van der Waals surface area contributed by atoms with Crippen molar-refractivity contribution in [1.29, 1.82) is 0 Å². The van der Waals surface area contributed by atoms with Crippen LogP contribution in [0.4, 0.5) is 5.82 Å². The van der Waals surface area contributed by atoms with Crippen LogP contribution >= 0.6 is 0 Å². The van der Waals surface area contributed by atoms with E-state index in [-0.39, 0.29) is 6.10 Å². The van der Waals surface area contributed by atoms with Crippen LogP contribution in [0.25, 0.3) is 0 Å². The van der Waals surface area contributed by atoms with Gasteiger partial charge in [0.05, 0.1) is 6.10 Å². The van der Waals surface area contributed by atoms with Gasteiger partial charge in [-0.3, -0.25) is 0 Å². The van der Waals surface area contributed by atoms with Crippen LogP contribution in [0, 0.1) is 19.8 Å². The molecular formula is C20H27N3O. The number of aromatic nitrogens is 2. The van der Waals surface area contributed by atoms with Crippen LogP contribution in [0.2, 0.25) is 0 Å². The van der Waals surface area contributed by atoms with Crippen molar-refractivity contribution < 1.29 is 4.74 Å². The first-order valence-corrected chi connectivity index (χ1v) is 8.92. The Morgan fingerprint density at radius 2 is 1.96 bits per heavy atom. The van der Waals surface area contributed by atoms with E-state index in [1.165, 1.54) is 17.5 Å². The molecule has 4 heteroatoms. The zero-order chi connectivity index (χ0) is 16.9. The Morgan fingerprint density at radius 3 is 2.71 bits per heavy atom. The van der Waals surface area contributed by atoms with Gasteiger partial charge in [0, 0.05) is 30.8 Å². The molecule has 3 rings (SSSR count). The number of aryl methyl sites for hydroxylation is 3. The monoisotopic (exact) mass is 325 g/mol. The number of nitrogens with one attached hydrogen (secondary N) is 1. The third-order valence-electron chi connectivity index (χ3n) is 4.65. The minimum atomic E-state index is 0.167. The number of benzene rings is 1. The number of hydrogen-bond acceptors (Lipinski definition) is 4. The summed E-state index contributed by atoms with van der Waals surface area (Å²) in [5.74, 6) is 2.21. The lowest BCUT2D eigenvalue weighted by atomic mass is 9.89. The number of anilines is 1. The van der Waals surface area contributed by atoms with Gasteiger partial charge in [-0.1, -0.05) is 36.8 Å². The zero-order valence-corrected chi connectivity index (χ0v) is 14.9. The fourth-order valence-corrected chi connectivity index (χ4v) is 3.31. The van der Waals surface area contributed by atoms with Gasteiger partial charge in [0.25, 0.3) is 0 Å². The van der Waals surface area contributed by atoms with Crippen LogP contribution in [0.1, 0.15) is 48.5 Å². The molecule has 0 amide bonds. The SMILES string of the molecule is CCc1cc(NCC2CCCOC2c2ccc(C)cc2)nc(C)n1. The molecule has 0 saturated carbocycles. The maximum Gasteiger partial charge on any atom is 0.129 e. The first kappa shape index (κ1) is 16.9. The molecule has 2 unspecified atom stereocenters. The summed E-state index contributed by atoms with van der Waals surface area (Å²) in [6.45, 7) is 7.91. The molecule has 1 aromatic heterocycles. The second kappa shape index (κ2) is 7.75. The normalized spacial score (nSPS) is 20.8. The van der Waals surface area contributed by atoms with E-state index in [9.17, 15) is 0 Å². The molecule has 1 fully saturated rings. The Balaban J connectivity index is 1.70. The highest BCUT2D eigenvalue weighted by molar-refractivity contribution is 5.36. The molecule has 2 aromatic rings. The van der Waals surface area contributed by atoms with Gasteiger partial charge in [-0.25, -0.2) is 9.97 Å². The van der Waals surface area contributed by atoms with Gasteiger partial charge in [0.15, 0.2) is 0 Å². The highest BCUT2D eigenvalue weighted by atomic mass is 16.5. The Morgan fingerprint density at radius 1 is 1.17 bits per heavy atom. The molecule has 0 spiro atoms. The van der Waals surface area contributed by atoms with E-state index in [0.29, 0.717) is 5.92 Å². The fourth-order valence-electron chi connectivity index (χ4n) is 3.31. The maximum atomic E-state index is 6.10. The molecule has 1 aliphatic heterocycles. The molecule has 2 heterocycles. The molecule has 0 aliphatic carbocycles. The Kier molecular flexibility index (Phi) is 5.46. The third-order valence-corrected chi connectivity index (χ3v) is 4.65. The van der Waals surface area contributed by atoms with Gasteiger partial charge < -0.3 is 10.1 Å². The van der Waals surface area contributed by atoms with E-state index in [4.69, 9.17) is 4.74 Å². The molecule has 128 valence electrons. The first-order valence-electron chi connectivity index (χ1n) is 8.92. The van der Waals surface area contributed by atoms with Crippen molar-refractivity contribution in [2.45, 2.75) is 46.1 Å². The van der Waals surface area contributed by atoms with Crippen LogP contribution in [-0.4, -0.2) is 23.1 Å². The van der Waals surface area contributed by atoms with Crippen molar-refractivity contribution in [2.75, 3.05) is 18.5 Å². The fraction of sp³-hybridized carbons (Fsp3) is 0.500. The highest BCUT2D eigenvalue weighted by Gasteiger charge is 2.27. The van der Waals surface area contributed by atoms with Crippen LogP contribution in [0.15, 0.2) is 30.3 Å². The summed E-state index contributed by atoms with van der Waals surface area (Å²) < 4.78 is 6.10. The molecule has 4 nitrogen and oxygen atoms in total. The second-order valence-electron chi connectivity index (χ2n) is 6.63. The van der Waals surface area contributed by atoms with Crippen molar-refractivity contribution in [1.82, 2.24) is 9.97 Å². The summed E-state index contributed by atoms with van der Waals surface area (Å²) in [6, 6.07) is 10.8. The molecule has 0 radical (unpaired) electrons. The Bertz CT molecular complexity index is 669. The number of nitrogens with zero attached hydrogens (tertiary/aromatic N) is 2. The molecule has 1 aromatic carbocycles. The molecule has 2 atom stereocenters. The molecular weight excluding hydrogens is 298 g/mol. The number of hydrogen-bond donors (Lipinski definition) is 1. The van der Waals surface area contributed by atoms with Gasteiger partial charge in [-0.05, 0) is 38.7 Å². The first-order chi connectivity index (χ1) is 11.7. The largest absolute Gasteiger partial charge is 0.373 e. The van der Waals surface area contributed by atoms with E-state index < -0.39 is 0 Å². The minimum Gasteiger partial charge on any atom is -0.373 e. The van der Waals surface area contributed by atoms with Gasteiger partial charge in [0.2, 0.25) is 0 Å². The minimum absolute atomic E-state index is 0.167. The van der Waals surface area contributed by atoms with Crippen molar-refractivity contribution in [3.63, 3.8) is 0 Å². The van der Waals surface area contributed by atoms with Crippen LogP contribution < -0.4 is 5.32 Å². The van der Waals surface area contributed by atoms with Gasteiger partial charge in [0.1, 0.15) is 11.6 Å². The average molecular weight is 325 g/mol. The number of rotatable bonds is 5. The smallest absolute Gasteiger partial charge is 0.129 e. The molecule has 1 aliphatic rings. The van der Waals surface area contributed by atoms with Crippen molar-refractivity contribution in [3.8, 4) is 0 Å².